The Morgan fingerprint density at radius 2 is 2.30 bits per heavy atom. The molecule has 20 heavy (non-hydrogen) atoms. The average molecular weight is 314 g/mol. The van der Waals surface area contributed by atoms with Gasteiger partial charge in [-0.05, 0) is 12.1 Å². The molecule has 2 heterocycles. The number of amides is 1. The molecule has 0 spiro atoms. The largest absolute Gasteiger partial charge is 0.467 e. The summed E-state index contributed by atoms with van der Waals surface area (Å²) >= 11 is 6.81. The number of rotatable bonds is 4. The van der Waals surface area contributed by atoms with Crippen LogP contribution in [0.2, 0.25) is 0 Å². The van der Waals surface area contributed by atoms with E-state index in [1.807, 2.05) is 6.07 Å². The number of thiocarbonyl (C=S) groups is 1. The van der Waals surface area contributed by atoms with Crippen molar-refractivity contribution in [1.29, 1.82) is 0 Å². The van der Waals surface area contributed by atoms with Gasteiger partial charge in [0.15, 0.2) is 0 Å². The van der Waals surface area contributed by atoms with E-state index in [0.29, 0.717) is 12.3 Å². The summed E-state index contributed by atoms with van der Waals surface area (Å²) in [5, 5.41) is 2.81. The van der Waals surface area contributed by atoms with Crippen LogP contribution in [0.5, 0.6) is 0 Å². The maximum atomic E-state index is 11.7. The molecule has 1 fully saturated rings. The maximum Gasteiger partial charge on any atom is 0.230 e. The molecule has 2 rings (SSSR count). The SMILES string of the molecule is C[NH+]1CCN(C(=S)SCC(=O)NCc2ccco2)CC1. The Morgan fingerprint density at radius 3 is 2.95 bits per heavy atom. The average Bonchev–Trinajstić information content (AvgIpc) is 2.96. The second kappa shape index (κ2) is 7.66. The molecule has 0 aromatic carbocycles. The molecule has 0 saturated carbocycles. The first-order valence-corrected chi connectivity index (χ1v) is 8.06. The normalized spacial score (nSPS) is 16.1. The van der Waals surface area contributed by atoms with Gasteiger partial charge in [0.2, 0.25) is 5.91 Å². The van der Waals surface area contributed by atoms with Gasteiger partial charge in [0, 0.05) is 0 Å². The Balaban J connectivity index is 1.64. The van der Waals surface area contributed by atoms with Gasteiger partial charge in [0.1, 0.15) is 10.1 Å². The predicted molar refractivity (Wildman–Crippen MR) is 83.8 cm³/mol. The molecule has 2 N–H and O–H groups in total. The number of nitrogens with zero attached hydrogens (tertiary/aromatic N) is 1. The molecule has 1 aromatic rings. The predicted octanol–water partition coefficient (Wildman–Crippen LogP) is -0.256. The Hall–Kier alpha value is -1.05. The highest BCUT2D eigenvalue weighted by atomic mass is 32.2. The smallest absolute Gasteiger partial charge is 0.230 e. The van der Waals surface area contributed by atoms with Gasteiger partial charge < -0.3 is 19.5 Å². The summed E-state index contributed by atoms with van der Waals surface area (Å²) in [5.74, 6) is 1.10. The number of hydrogen-bond donors (Lipinski definition) is 2. The fraction of sp³-hybridized carbons (Fsp3) is 0.538. The second-order valence-electron chi connectivity index (χ2n) is 4.85. The summed E-state index contributed by atoms with van der Waals surface area (Å²) in [7, 11) is 2.19. The van der Waals surface area contributed by atoms with Crippen molar-refractivity contribution in [3.05, 3.63) is 24.2 Å². The van der Waals surface area contributed by atoms with E-state index in [-0.39, 0.29) is 5.91 Å². The summed E-state index contributed by atoms with van der Waals surface area (Å²) in [6, 6.07) is 3.64. The molecule has 1 aromatic heterocycles. The van der Waals surface area contributed by atoms with Crippen molar-refractivity contribution in [3.8, 4) is 0 Å². The first-order valence-electron chi connectivity index (χ1n) is 6.67. The number of quaternary nitrogens is 1. The number of hydrogen-bond acceptors (Lipinski definition) is 4. The zero-order valence-electron chi connectivity index (χ0n) is 11.6. The molecule has 7 heteroatoms. The fourth-order valence-corrected chi connectivity index (χ4v) is 3.02. The molecule has 0 unspecified atom stereocenters. The van der Waals surface area contributed by atoms with Crippen molar-refractivity contribution in [2.24, 2.45) is 0 Å². The highest BCUT2D eigenvalue weighted by Gasteiger charge is 2.19. The van der Waals surface area contributed by atoms with Crippen molar-refractivity contribution in [1.82, 2.24) is 10.2 Å². The van der Waals surface area contributed by atoms with E-state index < -0.39 is 0 Å². The zero-order valence-corrected chi connectivity index (χ0v) is 13.2. The number of furan rings is 1. The van der Waals surface area contributed by atoms with Crippen LogP contribution in [0.15, 0.2) is 22.8 Å². The molecule has 0 radical (unpaired) electrons. The number of carbonyl (C=O) groups excluding carboxylic acids is 1. The summed E-state index contributed by atoms with van der Waals surface area (Å²) in [6.07, 6.45) is 1.60. The van der Waals surface area contributed by atoms with Crippen molar-refractivity contribution < 1.29 is 14.1 Å². The topological polar surface area (TPSA) is 49.9 Å². The van der Waals surface area contributed by atoms with Gasteiger partial charge in [0.05, 0.1) is 51.8 Å². The molecule has 1 amide bonds. The van der Waals surface area contributed by atoms with Crippen molar-refractivity contribution in [2.45, 2.75) is 6.54 Å². The molecular weight excluding hydrogens is 294 g/mol. The lowest BCUT2D eigenvalue weighted by Crippen LogP contribution is -3.12. The van der Waals surface area contributed by atoms with Gasteiger partial charge in [-0.3, -0.25) is 4.79 Å². The lowest BCUT2D eigenvalue weighted by atomic mass is 10.4. The number of nitrogens with one attached hydrogen (secondary N) is 2. The van der Waals surface area contributed by atoms with Gasteiger partial charge >= 0.3 is 0 Å². The summed E-state index contributed by atoms with van der Waals surface area (Å²) in [4.78, 5) is 15.4. The molecule has 1 aliphatic rings. The molecule has 1 saturated heterocycles. The number of likely N-dealkylation sites (N-methyl/N-ethyl adjacent to an activating group) is 1. The molecule has 0 atom stereocenters. The minimum absolute atomic E-state index is 0.0199. The Kier molecular flexibility index (Phi) is 5.87. The van der Waals surface area contributed by atoms with E-state index in [9.17, 15) is 4.79 Å². The van der Waals surface area contributed by atoms with E-state index in [2.05, 4.69) is 17.3 Å². The summed E-state index contributed by atoms with van der Waals surface area (Å²) in [5.41, 5.74) is 0. The van der Waals surface area contributed by atoms with Gasteiger partial charge in [-0.1, -0.05) is 24.0 Å². The van der Waals surface area contributed by atoms with E-state index in [4.69, 9.17) is 16.6 Å². The third-order valence-electron chi connectivity index (χ3n) is 3.24. The summed E-state index contributed by atoms with van der Waals surface area (Å²) < 4.78 is 5.98. The molecule has 0 bridgehead atoms. The standard InChI is InChI=1S/C13H19N3O2S2/c1-15-4-6-16(7-5-15)13(19)20-10-12(17)14-9-11-3-2-8-18-11/h2-3,8H,4-7,9-10H2,1H3,(H,14,17)/p+1. The van der Waals surface area contributed by atoms with E-state index in [1.54, 1.807) is 12.3 Å². The van der Waals surface area contributed by atoms with Crippen molar-refractivity contribution in [3.63, 3.8) is 0 Å². The zero-order chi connectivity index (χ0) is 14.4. The number of thioether (sulfide) groups is 1. The van der Waals surface area contributed by atoms with Crippen LogP contribution >= 0.6 is 24.0 Å². The molecule has 5 nitrogen and oxygen atoms in total. The molecular formula is C13H20N3O2S2+. The number of carbonyl (C=O) groups is 1. The van der Waals surface area contributed by atoms with Crippen LogP contribution in [0.1, 0.15) is 5.76 Å². The summed E-state index contributed by atoms with van der Waals surface area (Å²) in [6.45, 7) is 4.59. The van der Waals surface area contributed by atoms with E-state index >= 15 is 0 Å². The highest BCUT2D eigenvalue weighted by Crippen LogP contribution is 2.09. The maximum absolute atomic E-state index is 11.7. The van der Waals surface area contributed by atoms with Crippen molar-refractivity contribution in [2.75, 3.05) is 39.0 Å². The monoisotopic (exact) mass is 314 g/mol. The van der Waals surface area contributed by atoms with Crippen LogP contribution in [0.3, 0.4) is 0 Å². The second-order valence-corrected chi connectivity index (χ2v) is 6.46. The van der Waals surface area contributed by atoms with Crippen LogP contribution in [0, 0.1) is 0 Å². The first-order chi connectivity index (χ1) is 9.65. The van der Waals surface area contributed by atoms with Crippen LogP contribution in [-0.2, 0) is 11.3 Å². The molecule has 0 aliphatic carbocycles. The van der Waals surface area contributed by atoms with E-state index in [0.717, 1.165) is 36.3 Å². The van der Waals surface area contributed by atoms with Crippen LogP contribution in [0.25, 0.3) is 0 Å². The molecule has 1 aliphatic heterocycles. The van der Waals surface area contributed by atoms with Gasteiger partial charge in [-0.15, -0.1) is 0 Å². The van der Waals surface area contributed by atoms with Crippen LogP contribution in [0.4, 0.5) is 0 Å². The van der Waals surface area contributed by atoms with Gasteiger partial charge in [0.25, 0.3) is 0 Å². The highest BCUT2D eigenvalue weighted by molar-refractivity contribution is 8.23. The van der Waals surface area contributed by atoms with E-state index in [1.165, 1.54) is 16.7 Å². The van der Waals surface area contributed by atoms with Crippen LogP contribution < -0.4 is 10.2 Å². The van der Waals surface area contributed by atoms with Gasteiger partial charge in [-0.25, -0.2) is 0 Å². The minimum atomic E-state index is -0.0199. The first kappa shape index (κ1) is 15.3. The Bertz CT molecular complexity index is 442. The Labute approximate surface area is 128 Å². The lowest BCUT2D eigenvalue weighted by molar-refractivity contribution is -0.883. The fourth-order valence-electron chi connectivity index (χ4n) is 1.94. The third kappa shape index (κ3) is 4.81. The number of piperazine rings is 1. The van der Waals surface area contributed by atoms with Crippen molar-refractivity contribution >= 4 is 34.2 Å². The molecule has 110 valence electrons. The lowest BCUT2D eigenvalue weighted by Gasteiger charge is -2.31. The van der Waals surface area contributed by atoms with Crippen LogP contribution in [-0.4, -0.2) is 54.1 Å². The van der Waals surface area contributed by atoms with Gasteiger partial charge in [-0.2, -0.15) is 0 Å². The quantitative estimate of drug-likeness (QED) is 0.750. The third-order valence-corrected chi connectivity index (χ3v) is 4.77. The Morgan fingerprint density at radius 1 is 1.55 bits per heavy atom. The minimum Gasteiger partial charge on any atom is -0.467 e.